The second-order valence-electron chi connectivity index (χ2n) is 6.47. The quantitative estimate of drug-likeness (QED) is 0.752. The molecule has 2 aromatic heterocycles. The zero-order valence-electron chi connectivity index (χ0n) is 13.3. The lowest BCUT2D eigenvalue weighted by molar-refractivity contribution is -0.115. The molecule has 0 bridgehead atoms. The number of halogens is 2. The van der Waals surface area contributed by atoms with E-state index in [0.29, 0.717) is 28.1 Å². The van der Waals surface area contributed by atoms with Gasteiger partial charge in [0, 0.05) is 19.0 Å². The minimum Gasteiger partial charge on any atom is -0.478 e. The standard InChI is InChI=1S/C18H12F2N4O2/c19-18(20)8-17(9-18,12-3-1-11(2-4-12)15(25)26)16-23-13-5-10(6-21)7-22-14(13)24-16/h1-5,7H,8-9H2,(H,25,26)(H,22,23,24). The van der Waals surface area contributed by atoms with Crippen molar-refractivity contribution in [3.05, 3.63) is 59.0 Å². The summed E-state index contributed by atoms with van der Waals surface area (Å²) in [5.41, 5.74) is 0.777. The second kappa shape index (κ2) is 5.33. The number of pyridine rings is 1. The van der Waals surface area contributed by atoms with Crippen molar-refractivity contribution >= 4 is 17.1 Å². The Morgan fingerprint density at radius 1 is 1.27 bits per heavy atom. The molecule has 0 spiro atoms. The maximum Gasteiger partial charge on any atom is 0.335 e. The number of fused-ring (bicyclic) bond motifs is 1. The Hall–Kier alpha value is -3.34. The molecule has 2 heterocycles. The minimum absolute atomic E-state index is 0.0833. The van der Waals surface area contributed by atoms with Gasteiger partial charge in [0.25, 0.3) is 5.92 Å². The molecule has 0 saturated heterocycles. The van der Waals surface area contributed by atoms with Crippen LogP contribution in [0, 0.1) is 11.3 Å². The van der Waals surface area contributed by atoms with Gasteiger partial charge in [-0.2, -0.15) is 5.26 Å². The fraction of sp³-hybridized carbons (Fsp3) is 0.222. The first kappa shape index (κ1) is 16.1. The van der Waals surface area contributed by atoms with Gasteiger partial charge >= 0.3 is 5.97 Å². The molecule has 0 aliphatic heterocycles. The Kier molecular flexibility index (Phi) is 3.31. The molecular formula is C18H12F2N4O2. The zero-order chi connectivity index (χ0) is 18.5. The Balaban J connectivity index is 1.83. The number of nitrogens with zero attached hydrogens (tertiary/aromatic N) is 3. The van der Waals surface area contributed by atoms with E-state index >= 15 is 0 Å². The third kappa shape index (κ3) is 2.40. The zero-order valence-corrected chi connectivity index (χ0v) is 13.3. The normalized spacial score (nSPS) is 17.4. The van der Waals surface area contributed by atoms with E-state index in [-0.39, 0.29) is 5.56 Å². The van der Waals surface area contributed by atoms with Crippen molar-refractivity contribution in [1.29, 1.82) is 5.26 Å². The predicted molar refractivity (Wildman–Crippen MR) is 87.0 cm³/mol. The van der Waals surface area contributed by atoms with Crippen LogP contribution < -0.4 is 0 Å². The van der Waals surface area contributed by atoms with Crippen molar-refractivity contribution < 1.29 is 18.7 Å². The van der Waals surface area contributed by atoms with E-state index in [0.717, 1.165) is 0 Å². The Morgan fingerprint density at radius 2 is 1.96 bits per heavy atom. The molecule has 1 aromatic carbocycles. The van der Waals surface area contributed by atoms with Gasteiger partial charge in [-0.05, 0) is 23.8 Å². The van der Waals surface area contributed by atoms with Crippen molar-refractivity contribution in [2.24, 2.45) is 0 Å². The highest BCUT2D eigenvalue weighted by Crippen LogP contribution is 2.56. The molecule has 0 atom stereocenters. The largest absolute Gasteiger partial charge is 0.478 e. The van der Waals surface area contributed by atoms with E-state index in [4.69, 9.17) is 10.4 Å². The molecule has 0 amide bonds. The van der Waals surface area contributed by atoms with E-state index in [1.54, 1.807) is 18.2 Å². The first-order valence-corrected chi connectivity index (χ1v) is 7.81. The summed E-state index contributed by atoms with van der Waals surface area (Å²) in [6.45, 7) is 0. The number of imidazole rings is 1. The molecule has 130 valence electrons. The van der Waals surface area contributed by atoms with Gasteiger partial charge in [0.05, 0.1) is 22.1 Å². The number of alkyl halides is 2. The van der Waals surface area contributed by atoms with Gasteiger partial charge in [-0.3, -0.25) is 0 Å². The van der Waals surface area contributed by atoms with Crippen molar-refractivity contribution in [2.75, 3.05) is 0 Å². The lowest BCUT2D eigenvalue weighted by Crippen LogP contribution is -2.50. The van der Waals surface area contributed by atoms with Crippen LogP contribution in [-0.2, 0) is 5.41 Å². The molecule has 0 unspecified atom stereocenters. The Labute approximate surface area is 146 Å². The molecule has 1 saturated carbocycles. The monoisotopic (exact) mass is 354 g/mol. The van der Waals surface area contributed by atoms with Crippen LogP contribution in [0.15, 0.2) is 36.5 Å². The number of aromatic amines is 1. The maximum atomic E-state index is 13.8. The number of H-pyrrole nitrogens is 1. The average molecular weight is 354 g/mol. The fourth-order valence-corrected chi connectivity index (χ4v) is 3.46. The Morgan fingerprint density at radius 3 is 2.54 bits per heavy atom. The van der Waals surface area contributed by atoms with Crippen molar-refractivity contribution in [3.63, 3.8) is 0 Å². The van der Waals surface area contributed by atoms with E-state index in [9.17, 15) is 13.6 Å². The third-order valence-corrected chi connectivity index (χ3v) is 4.73. The molecule has 2 N–H and O–H groups in total. The summed E-state index contributed by atoms with van der Waals surface area (Å²) >= 11 is 0. The molecular weight excluding hydrogens is 342 g/mol. The topological polar surface area (TPSA) is 103 Å². The number of benzene rings is 1. The number of hydrogen-bond acceptors (Lipinski definition) is 4. The Bertz CT molecular complexity index is 1060. The smallest absolute Gasteiger partial charge is 0.335 e. The van der Waals surface area contributed by atoms with E-state index in [2.05, 4.69) is 15.0 Å². The van der Waals surface area contributed by atoms with Crippen LogP contribution in [0.4, 0.5) is 8.78 Å². The number of aromatic carboxylic acids is 1. The van der Waals surface area contributed by atoms with Crippen LogP contribution in [0.3, 0.4) is 0 Å². The van der Waals surface area contributed by atoms with Gasteiger partial charge in [-0.25, -0.2) is 23.5 Å². The number of nitrogens with one attached hydrogen (secondary N) is 1. The van der Waals surface area contributed by atoms with Crippen molar-refractivity contribution in [1.82, 2.24) is 15.0 Å². The molecule has 0 radical (unpaired) electrons. The van der Waals surface area contributed by atoms with Crippen molar-refractivity contribution in [3.8, 4) is 6.07 Å². The maximum absolute atomic E-state index is 13.8. The molecule has 6 nitrogen and oxygen atoms in total. The van der Waals surface area contributed by atoms with Gasteiger partial charge in [0.1, 0.15) is 11.9 Å². The second-order valence-corrected chi connectivity index (χ2v) is 6.47. The van der Waals surface area contributed by atoms with Gasteiger partial charge in [-0.1, -0.05) is 12.1 Å². The van der Waals surface area contributed by atoms with Gasteiger partial charge < -0.3 is 10.1 Å². The van der Waals surface area contributed by atoms with Crippen LogP contribution in [0.1, 0.15) is 40.2 Å². The first-order chi connectivity index (χ1) is 12.3. The fourth-order valence-electron chi connectivity index (χ4n) is 3.46. The van der Waals surface area contributed by atoms with Crippen LogP contribution in [-0.4, -0.2) is 32.0 Å². The van der Waals surface area contributed by atoms with Crippen LogP contribution in [0.5, 0.6) is 0 Å². The summed E-state index contributed by atoms with van der Waals surface area (Å²) in [5, 5.41) is 18.0. The van der Waals surface area contributed by atoms with E-state index < -0.39 is 30.1 Å². The molecule has 1 fully saturated rings. The molecule has 1 aliphatic rings. The number of carbonyl (C=O) groups is 1. The highest BCUT2D eigenvalue weighted by Gasteiger charge is 2.59. The summed E-state index contributed by atoms with van der Waals surface area (Å²) in [5.74, 6) is -3.57. The predicted octanol–water partition coefficient (Wildman–Crippen LogP) is 3.24. The lowest BCUT2D eigenvalue weighted by atomic mass is 9.61. The van der Waals surface area contributed by atoms with Gasteiger partial charge in [-0.15, -0.1) is 0 Å². The summed E-state index contributed by atoms with van der Waals surface area (Å²) in [7, 11) is 0. The molecule has 4 rings (SSSR count). The van der Waals surface area contributed by atoms with Gasteiger partial charge in [0.15, 0.2) is 5.65 Å². The molecule has 8 heteroatoms. The van der Waals surface area contributed by atoms with E-state index in [1.165, 1.54) is 18.3 Å². The highest BCUT2D eigenvalue weighted by atomic mass is 19.3. The minimum atomic E-state index is -2.82. The summed E-state index contributed by atoms with van der Waals surface area (Å²) < 4.78 is 27.6. The molecule has 26 heavy (non-hydrogen) atoms. The number of carboxylic acid groups (broad SMARTS) is 1. The van der Waals surface area contributed by atoms with E-state index in [1.807, 2.05) is 6.07 Å². The SMILES string of the molecule is N#Cc1cnc2nc(C3(c4ccc(C(=O)O)cc4)CC(F)(F)C3)[nH]c2c1. The van der Waals surface area contributed by atoms with Crippen LogP contribution >= 0.6 is 0 Å². The number of aromatic nitrogens is 3. The summed E-state index contributed by atoms with van der Waals surface area (Å²) in [6.07, 6.45) is 0.505. The number of carboxylic acids is 1. The average Bonchev–Trinajstić information content (AvgIpc) is 3.02. The molecule has 3 aromatic rings. The van der Waals surface area contributed by atoms with Crippen LogP contribution in [0.2, 0.25) is 0 Å². The number of hydrogen-bond donors (Lipinski definition) is 2. The third-order valence-electron chi connectivity index (χ3n) is 4.73. The molecule has 1 aliphatic carbocycles. The number of nitriles is 1. The van der Waals surface area contributed by atoms with Crippen molar-refractivity contribution in [2.45, 2.75) is 24.2 Å². The first-order valence-electron chi connectivity index (χ1n) is 7.81. The highest BCUT2D eigenvalue weighted by molar-refractivity contribution is 5.87. The summed E-state index contributed by atoms with van der Waals surface area (Å²) in [4.78, 5) is 22.5. The van der Waals surface area contributed by atoms with Crippen LogP contribution in [0.25, 0.3) is 11.2 Å². The lowest BCUT2D eigenvalue weighted by Gasteiger charge is -2.46. The van der Waals surface area contributed by atoms with Gasteiger partial charge in [0.2, 0.25) is 0 Å². The number of rotatable bonds is 3. The summed E-state index contributed by atoms with van der Waals surface area (Å²) in [6, 6.07) is 9.41.